The highest BCUT2D eigenvalue weighted by Gasteiger charge is 2.36. The molecule has 0 aliphatic carbocycles. The number of hydrogen-bond acceptors (Lipinski definition) is 2. The molecule has 0 bridgehead atoms. The zero-order chi connectivity index (χ0) is 20.4. The summed E-state index contributed by atoms with van der Waals surface area (Å²) in [4.78, 5) is 24.6. The number of halogens is 6. The number of rotatable bonds is 3. The molecule has 4 nitrogen and oxygen atoms in total. The predicted octanol–water partition coefficient (Wildman–Crippen LogP) is 3.46. The van der Waals surface area contributed by atoms with Crippen molar-refractivity contribution < 1.29 is 35.9 Å². The van der Waals surface area contributed by atoms with E-state index < -0.39 is 46.8 Å². The Labute approximate surface area is 150 Å². The number of benzene rings is 1. The minimum absolute atomic E-state index is 0.0151. The van der Waals surface area contributed by atoms with E-state index in [1.54, 1.807) is 0 Å². The first-order chi connectivity index (χ1) is 12.4. The normalized spacial score (nSPS) is 18.7. The van der Waals surface area contributed by atoms with Crippen LogP contribution in [0.25, 0.3) is 6.08 Å². The SMILES string of the molecule is NC(=O)C1CCCN(C(=O)/C=C/c2cc(C(F)(F)F)cc(C(F)(F)F)c2)C1. The monoisotopic (exact) mass is 394 g/mol. The average molecular weight is 394 g/mol. The maximum Gasteiger partial charge on any atom is 0.416 e. The molecule has 1 aliphatic rings. The van der Waals surface area contributed by atoms with Crippen molar-refractivity contribution in [2.24, 2.45) is 11.7 Å². The van der Waals surface area contributed by atoms with Gasteiger partial charge in [-0.15, -0.1) is 0 Å². The fourth-order valence-electron chi connectivity index (χ4n) is 2.76. The number of likely N-dealkylation sites (tertiary alicyclic amines) is 1. The van der Waals surface area contributed by atoms with Crippen LogP contribution in [-0.2, 0) is 21.9 Å². The molecule has 1 saturated heterocycles. The third kappa shape index (κ3) is 5.48. The van der Waals surface area contributed by atoms with Crippen LogP contribution in [0, 0.1) is 5.92 Å². The Morgan fingerprint density at radius 1 is 1.04 bits per heavy atom. The molecular weight excluding hydrogens is 378 g/mol. The lowest BCUT2D eigenvalue weighted by Crippen LogP contribution is -2.43. The lowest BCUT2D eigenvalue weighted by molar-refractivity contribution is -0.143. The van der Waals surface area contributed by atoms with E-state index in [4.69, 9.17) is 5.73 Å². The van der Waals surface area contributed by atoms with E-state index in [0.717, 1.165) is 12.2 Å². The first kappa shape index (κ1) is 20.8. The summed E-state index contributed by atoms with van der Waals surface area (Å²) < 4.78 is 77.0. The van der Waals surface area contributed by atoms with Crippen molar-refractivity contribution in [3.8, 4) is 0 Å². The third-order valence-corrected chi connectivity index (χ3v) is 4.16. The molecule has 1 fully saturated rings. The van der Waals surface area contributed by atoms with Gasteiger partial charge in [0.2, 0.25) is 11.8 Å². The fraction of sp³-hybridized carbons (Fsp3) is 0.412. The maximum atomic E-state index is 12.8. The second-order valence-corrected chi connectivity index (χ2v) is 6.20. The topological polar surface area (TPSA) is 63.4 Å². The van der Waals surface area contributed by atoms with Crippen molar-refractivity contribution in [1.29, 1.82) is 0 Å². The molecular formula is C17H16F6N2O2. The molecule has 0 radical (unpaired) electrons. The Kier molecular flexibility index (Phi) is 5.86. The summed E-state index contributed by atoms with van der Waals surface area (Å²) in [5, 5.41) is 0. The second kappa shape index (κ2) is 7.61. The molecule has 1 aromatic rings. The lowest BCUT2D eigenvalue weighted by Gasteiger charge is -2.30. The molecule has 0 spiro atoms. The van der Waals surface area contributed by atoms with Gasteiger partial charge >= 0.3 is 12.4 Å². The number of carbonyl (C=O) groups excluding carboxylic acids is 2. The van der Waals surface area contributed by atoms with E-state index in [0.29, 0.717) is 31.5 Å². The van der Waals surface area contributed by atoms with Crippen molar-refractivity contribution in [3.05, 3.63) is 41.0 Å². The van der Waals surface area contributed by atoms with Gasteiger partial charge in [-0.1, -0.05) is 0 Å². The van der Waals surface area contributed by atoms with Crippen LogP contribution in [0.4, 0.5) is 26.3 Å². The Morgan fingerprint density at radius 3 is 2.07 bits per heavy atom. The van der Waals surface area contributed by atoms with Crippen LogP contribution >= 0.6 is 0 Å². The summed E-state index contributed by atoms with van der Waals surface area (Å²) in [6.45, 7) is 0.387. The van der Waals surface area contributed by atoms with Crippen LogP contribution in [0.3, 0.4) is 0 Å². The van der Waals surface area contributed by atoms with Crippen LogP contribution in [0.1, 0.15) is 29.5 Å². The van der Waals surface area contributed by atoms with E-state index in [1.165, 1.54) is 4.90 Å². The van der Waals surface area contributed by atoms with Crippen LogP contribution < -0.4 is 5.73 Å². The van der Waals surface area contributed by atoms with Crippen molar-refractivity contribution in [2.45, 2.75) is 25.2 Å². The summed E-state index contributed by atoms with van der Waals surface area (Å²) in [5.41, 5.74) is 1.87. The van der Waals surface area contributed by atoms with E-state index in [2.05, 4.69) is 0 Å². The number of primary amides is 1. The van der Waals surface area contributed by atoms with Gasteiger partial charge in [0.25, 0.3) is 0 Å². The van der Waals surface area contributed by atoms with E-state index in [-0.39, 0.29) is 12.6 Å². The molecule has 0 aromatic heterocycles. The molecule has 1 aliphatic heterocycles. The van der Waals surface area contributed by atoms with Crippen molar-refractivity contribution in [1.82, 2.24) is 4.90 Å². The smallest absolute Gasteiger partial charge is 0.369 e. The number of hydrogen-bond donors (Lipinski definition) is 1. The summed E-state index contributed by atoms with van der Waals surface area (Å²) in [6, 6.07) is 1.07. The Hall–Kier alpha value is -2.52. The summed E-state index contributed by atoms with van der Waals surface area (Å²) in [6.07, 6.45) is -7.11. The van der Waals surface area contributed by atoms with Gasteiger partial charge < -0.3 is 10.6 Å². The van der Waals surface area contributed by atoms with Gasteiger partial charge in [-0.25, -0.2) is 0 Å². The van der Waals surface area contributed by atoms with Crippen LogP contribution in [0.2, 0.25) is 0 Å². The minimum atomic E-state index is -4.96. The van der Waals surface area contributed by atoms with Gasteiger partial charge in [0, 0.05) is 19.2 Å². The highest BCUT2D eigenvalue weighted by molar-refractivity contribution is 5.92. The molecule has 2 rings (SSSR count). The van der Waals surface area contributed by atoms with Gasteiger partial charge in [-0.05, 0) is 42.7 Å². The van der Waals surface area contributed by atoms with Crippen molar-refractivity contribution in [2.75, 3.05) is 13.1 Å². The largest absolute Gasteiger partial charge is 0.416 e. The number of carbonyl (C=O) groups is 2. The molecule has 2 N–H and O–H groups in total. The number of amides is 2. The first-order valence-corrected chi connectivity index (χ1v) is 7.93. The Morgan fingerprint density at radius 2 is 1.59 bits per heavy atom. The number of alkyl halides is 6. The lowest BCUT2D eigenvalue weighted by atomic mass is 9.97. The average Bonchev–Trinajstić information content (AvgIpc) is 2.58. The molecule has 1 atom stereocenters. The van der Waals surface area contributed by atoms with Crippen molar-refractivity contribution in [3.63, 3.8) is 0 Å². The molecule has 10 heteroatoms. The zero-order valence-electron chi connectivity index (χ0n) is 13.9. The Balaban J connectivity index is 2.25. The highest BCUT2D eigenvalue weighted by atomic mass is 19.4. The number of piperidine rings is 1. The first-order valence-electron chi connectivity index (χ1n) is 7.93. The van der Waals surface area contributed by atoms with E-state index in [9.17, 15) is 35.9 Å². The minimum Gasteiger partial charge on any atom is -0.369 e. The second-order valence-electron chi connectivity index (χ2n) is 6.20. The molecule has 148 valence electrons. The molecule has 1 aromatic carbocycles. The van der Waals surface area contributed by atoms with Gasteiger partial charge in [-0.3, -0.25) is 9.59 Å². The van der Waals surface area contributed by atoms with Crippen molar-refractivity contribution >= 4 is 17.9 Å². The van der Waals surface area contributed by atoms with Crippen LogP contribution in [0.15, 0.2) is 24.3 Å². The quantitative estimate of drug-likeness (QED) is 0.631. The Bertz CT molecular complexity index is 723. The number of nitrogens with two attached hydrogens (primary N) is 1. The summed E-state index contributed by atoms with van der Waals surface area (Å²) in [5.74, 6) is -1.71. The third-order valence-electron chi connectivity index (χ3n) is 4.16. The van der Waals surface area contributed by atoms with Gasteiger partial charge in [0.15, 0.2) is 0 Å². The zero-order valence-corrected chi connectivity index (χ0v) is 13.9. The van der Waals surface area contributed by atoms with Gasteiger partial charge in [0.05, 0.1) is 17.0 Å². The van der Waals surface area contributed by atoms with Gasteiger partial charge in [0.1, 0.15) is 0 Å². The summed E-state index contributed by atoms with van der Waals surface area (Å²) in [7, 11) is 0. The van der Waals surface area contributed by atoms with Gasteiger partial charge in [-0.2, -0.15) is 26.3 Å². The van der Waals surface area contributed by atoms with E-state index in [1.807, 2.05) is 0 Å². The fourth-order valence-corrected chi connectivity index (χ4v) is 2.76. The summed E-state index contributed by atoms with van der Waals surface area (Å²) >= 11 is 0. The standard InChI is InChI=1S/C17H16F6N2O2/c18-16(19,20)12-6-10(7-13(8-12)17(21,22)23)3-4-14(26)25-5-1-2-11(9-25)15(24)27/h3-4,6-8,11H,1-2,5,9H2,(H2,24,27)/b4-3+. The highest BCUT2D eigenvalue weighted by Crippen LogP contribution is 2.36. The molecule has 27 heavy (non-hydrogen) atoms. The van der Waals surface area contributed by atoms with Crippen LogP contribution in [-0.4, -0.2) is 29.8 Å². The predicted molar refractivity (Wildman–Crippen MR) is 84.0 cm³/mol. The number of nitrogens with zero attached hydrogens (tertiary/aromatic N) is 1. The molecule has 1 heterocycles. The molecule has 1 unspecified atom stereocenters. The molecule has 0 saturated carbocycles. The molecule has 2 amide bonds. The van der Waals surface area contributed by atoms with E-state index >= 15 is 0 Å². The van der Waals surface area contributed by atoms with Crippen LogP contribution in [0.5, 0.6) is 0 Å². The maximum absolute atomic E-state index is 12.8.